The van der Waals surface area contributed by atoms with Gasteiger partial charge < -0.3 is 9.84 Å². The maximum absolute atomic E-state index is 10.6. The predicted octanol–water partition coefficient (Wildman–Crippen LogP) is 7.45. The number of hydrogen-bond donors (Lipinski definition) is 1. The summed E-state index contributed by atoms with van der Waals surface area (Å²) in [5, 5.41) is 8.73. The summed E-state index contributed by atoms with van der Waals surface area (Å²) in [5.74, 6) is 0.128. The van der Waals surface area contributed by atoms with Gasteiger partial charge in [-0.05, 0) is 48.5 Å². The van der Waals surface area contributed by atoms with Crippen LogP contribution in [0.2, 0.25) is 0 Å². The third-order valence-electron chi connectivity index (χ3n) is 4.85. The number of para-hydroxylation sites is 1. The van der Waals surface area contributed by atoms with Crippen LogP contribution in [0.3, 0.4) is 0 Å². The minimum absolute atomic E-state index is 0.159. The van der Waals surface area contributed by atoms with Gasteiger partial charge in [-0.25, -0.2) is 4.79 Å². The Labute approximate surface area is 182 Å². The van der Waals surface area contributed by atoms with Gasteiger partial charge in [0.1, 0.15) is 5.75 Å². The van der Waals surface area contributed by atoms with Crippen molar-refractivity contribution in [1.82, 2.24) is 0 Å². The first-order valence-corrected chi connectivity index (χ1v) is 11.0. The molecule has 0 aromatic heterocycles. The Hall–Kier alpha value is -2.51. The molecule has 0 spiro atoms. The van der Waals surface area contributed by atoms with Gasteiger partial charge in [0.05, 0.1) is 6.61 Å². The van der Waals surface area contributed by atoms with Crippen molar-refractivity contribution in [2.24, 2.45) is 11.3 Å². The van der Waals surface area contributed by atoms with Crippen molar-refractivity contribution in [1.29, 1.82) is 0 Å². The maximum atomic E-state index is 10.6. The highest BCUT2D eigenvalue weighted by molar-refractivity contribution is 5.81. The first kappa shape index (κ1) is 25.5. The molecule has 0 aliphatic carbocycles. The molecule has 1 N–H and O–H groups in total. The number of unbranched alkanes of at least 4 members (excludes halogenated alkanes) is 3. The predicted molar refractivity (Wildman–Crippen MR) is 127 cm³/mol. The molecule has 1 rings (SSSR count). The molecule has 164 valence electrons. The van der Waals surface area contributed by atoms with Gasteiger partial charge in [0.15, 0.2) is 0 Å². The molecule has 1 aromatic rings. The van der Waals surface area contributed by atoms with E-state index in [2.05, 4.69) is 51.6 Å². The van der Waals surface area contributed by atoms with Crippen molar-refractivity contribution in [3.63, 3.8) is 0 Å². The monoisotopic (exact) mass is 410 g/mol. The van der Waals surface area contributed by atoms with Crippen LogP contribution < -0.4 is 4.74 Å². The summed E-state index contributed by atoms with van der Waals surface area (Å²) in [4.78, 5) is 10.6. The van der Waals surface area contributed by atoms with E-state index in [-0.39, 0.29) is 11.3 Å². The van der Waals surface area contributed by atoms with Crippen molar-refractivity contribution < 1.29 is 14.6 Å². The van der Waals surface area contributed by atoms with Crippen molar-refractivity contribution in [3.05, 3.63) is 65.4 Å². The van der Waals surface area contributed by atoms with E-state index in [1.165, 1.54) is 38.2 Å². The summed E-state index contributed by atoms with van der Waals surface area (Å²) in [5.41, 5.74) is 4.93. The van der Waals surface area contributed by atoms with Crippen LogP contribution in [0.1, 0.15) is 72.3 Å². The van der Waals surface area contributed by atoms with E-state index in [9.17, 15) is 4.79 Å². The van der Waals surface area contributed by atoms with E-state index >= 15 is 0 Å². The zero-order valence-corrected chi connectivity index (χ0v) is 19.3. The molecular formula is C27H38O3. The topological polar surface area (TPSA) is 46.5 Å². The molecule has 0 amide bonds. The number of aliphatic carboxylic acids is 1. The largest absolute Gasteiger partial charge is 0.492 e. The van der Waals surface area contributed by atoms with Crippen LogP contribution in [0, 0.1) is 11.3 Å². The number of hydrogen-bond acceptors (Lipinski definition) is 2. The van der Waals surface area contributed by atoms with E-state index in [4.69, 9.17) is 9.84 Å². The van der Waals surface area contributed by atoms with Crippen molar-refractivity contribution in [3.8, 4) is 5.75 Å². The second kappa shape index (κ2) is 13.7. The van der Waals surface area contributed by atoms with E-state index in [0.717, 1.165) is 11.3 Å². The minimum Gasteiger partial charge on any atom is -0.492 e. The number of carboxylic acids is 1. The number of carbonyl (C=O) groups is 1. The Morgan fingerprint density at radius 2 is 1.97 bits per heavy atom. The Morgan fingerprint density at radius 3 is 2.67 bits per heavy atom. The van der Waals surface area contributed by atoms with Gasteiger partial charge in [0.2, 0.25) is 0 Å². The summed E-state index contributed by atoms with van der Waals surface area (Å²) in [6, 6.07) is 8.10. The third kappa shape index (κ3) is 11.5. The average Bonchev–Trinajstić information content (AvgIpc) is 2.68. The fraction of sp³-hybridized carbons (Fsp3) is 0.481. The van der Waals surface area contributed by atoms with Crippen LogP contribution in [0.25, 0.3) is 6.08 Å². The SMILES string of the molecule is CCCCCCC(C)(C)COc1ccccc1/C=C/C(C)C=C=C/C(C)=C/C(=O)O. The van der Waals surface area contributed by atoms with Crippen LogP contribution in [0.4, 0.5) is 0 Å². The number of allylic oxidation sites excluding steroid dienone is 3. The molecule has 3 heteroatoms. The molecule has 0 saturated carbocycles. The van der Waals surface area contributed by atoms with Crippen molar-refractivity contribution in [2.75, 3.05) is 6.61 Å². The lowest BCUT2D eigenvalue weighted by Gasteiger charge is -2.25. The van der Waals surface area contributed by atoms with Crippen LogP contribution in [0.15, 0.2) is 59.9 Å². The number of benzene rings is 1. The minimum atomic E-state index is -0.945. The van der Waals surface area contributed by atoms with Crippen molar-refractivity contribution >= 4 is 12.0 Å². The number of carboxylic acid groups (broad SMARTS) is 1. The second-order valence-corrected chi connectivity index (χ2v) is 8.72. The smallest absolute Gasteiger partial charge is 0.328 e. The zero-order chi connectivity index (χ0) is 22.4. The van der Waals surface area contributed by atoms with Crippen LogP contribution in [-0.4, -0.2) is 17.7 Å². The Kier molecular flexibility index (Phi) is 11.6. The van der Waals surface area contributed by atoms with Gasteiger partial charge in [-0.1, -0.05) is 83.7 Å². The molecule has 3 nitrogen and oxygen atoms in total. The second-order valence-electron chi connectivity index (χ2n) is 8.72. The average molecular weight is 411 g/mol. The Bertz CT molecular complexity index is 777. The highest BCUT2D eigenvalue weighted by atomic mass is 16.5. The van der Waals surface area contributed by atoms with Crippen molar-refractivity contribution in [2.45, 2.75) is 66.7 Å². The highest BCUT2D eigenvalue weighted by Gasteiger charge is 2.18. The molecule has 0 saturated heterocycles. The zero-order valence-electron chi connectivity index (χ0n) is 19.3. The first-order valence-electron chi connectivity index (χ1n) is 11.0. The van der Waals surface area contributed by atoms with Gasteiger partial charge in [-0.15, -0.1) is 5.73 Å². The molecule has 0 aliphatic heterocycles. The number of rotatable bonds is 13. The third-order valence-corrected chi connectivity index (χ3v) is 4.85. The molecule has 1 aromatic carbocycles. The van der Waals surface area contributed by atoms with E-state index in [1.807, 2.05) is 24.3 Å². The molecule has 1 atom stereocenters. The van der Waals surface area contributed by atoms with E-state index < -0.39 is 5.97 Å². The summed E-state index contributed by atoms with van der Waals surface area (Å²) < 4.78 is 6.19. The molecule has 0 bridgehead atoms. The van der Waals surface area contributed by atoms with E-state index in [1.54, 1.807) is 13.0 Å². The van der Waals surface area contributed by atoms with Gasteiger partial charge in [-0.2, -0.15) is 0 Å². The summed E-state index contributed by atoms with van der Waals surface area (Å²) in [6.07, 6.45) is 15.2. The first-order chi connectivity index (χ1) is 14.2. The molecule has 0 aliphatic rings. The van der Waals surface area contributed by atoms with Gasteiger partial charge >= 0.3 is 5.97 Å². The fourth-order valence-corrected chi connectivity index (χ4v) is 3.00. The lowest BCUT2D eigenvalue weighted by atomic mass is 9.88. The fourth-order valence-electron chi connectivity index (χ4n) is 3.00. The lowest BCUT2D eigenvalue weighted by molar-refractivity contribution is -0.131. The van der Waals surface area contributed by atoms with Gasteiger partial charge in [0, 0.05) is 11.6 Å². The Morgan fingerprint density at radius 1 is 1.23 bits per heavy atom. The highest BCUT2D eigenvalue weighted by Crippen LogP contribution is 2.27. The van der Waals surface area contributed by atoms with Gasteiger partial charge in [-0.3, -0.25) is 0 Å². The quantitative estimate of drug-likeness (QED) is 0.159. The Balaban J connectivity index is 2.70. The van der Waals surface area contributed by atoms with E-state index in [0.29, 0.717) is 12.2 Å². The molecule has 30 heavy (non-hydrogen) atoms. The molecule has 0 fully saturated rings. The molecule has 0 radical (unpaired) electrons. The van der Waals surface area contributed by atoms with Gasteiger partial charge in [0.25, 0.3) is 0 Å². The summed E-state index contributed by atoms with van der Waals surface area (Å²) in [6.45, 7) is 11.3. The molecule has 1 unspecified atom stereocenters. The lowest BCUT2D eigenvalue weighted by Crippen LogP contribution is -2.21. The van der Waals surface area contributed by atoms with Crippen LogP contribution >= 0.6 is 0 Å². The molecular weight excluding hydrogens is 372 g/mol. The van der Waals surface area contributed by atoms with Crippen LogP contribution in [-0.2, 0) is 4.79 Å². The normalized spacial score (nSPS) is 13.0. The summed E-state index contributed by atoms with van der Waals surface area (Å²) >= 11 is 0. The standard InChI is InChI=1S/C27H38O3/c1-6-7-8-11-19-27(4,5)21-30-25-16-10-9-15-24(25)18-17-22(2)13-12-14-23(3)20-26(28)29/h9-10,13-18,20,22H,6-8,11,19,21H2,1-5H3,(H,28,29)/b18-17+,23-20+. The summed E-state index contributed by atoms with van der Waals surface area (Å²) in [7, 11) is 0. The van der Waals surface area contributed by atoms with Crippen LogP contribution in [0.5, 0.6) is 5.75 Å². The maximum Gasteiger partial charge on any atom is 0.328 e. The molecule has 0 heterocycles. The number of ether oxygens (including phenoxy) is 1.